The number of ether oxygens (including phenoxy) is 2. The molecule has 0 aromatic carbocycles. The fraction of sp³-hybridized carbons (Fsp3) is 0.727. The number of hydrazone groups is 1. The molecule has 18 heavy (non-hydrogen) atoms. The Morgan fingerprint density at radius 2 is 2.33 bits per heavy atom. The zero-order chi connectivity index (χ0) is 13.3. The van der Waals surface area contributed by atoms with Crippen molar-refractivity contribution in [3.05, 3.63) is 0 Å². The van der Waals surface area contributed by atoms with Crippen LogP contribution in [0.15, 0.2) is 5.10 Å². The number of fused-ring (bicyclic) bond motifs is 1. The normalized spacial score (nSPS) is 30.7. The molecule has 1 fully saturated rings. The third-order valence-electron chi connectivity index (χ3n) is 3.26. The smallest absolute Gasteiger partial charge is 0.337 e. The van der Waals surface area contributed by atoms with Crippen LogP contribution >= 0.6 is 0 Å². The van der Waals surface area contributed by atoms with Crippen LogP contribution in [-0.4, -0.2) is 42.2 Å². The lowest BCUT2D eigenvalue weighted by molar-refractivity contribution is -0.149. The largest absolute Gasteiger partial charge is 0.465 e. The number of carbonyl (C=O) groups excluding carboxylic acids is 2. The molecule has 0 saturated carbocycles. The standard InChI is InChI=1S/C11H17N3O4/c1-3-17-10(15)8-6(2)13-14(11(12)16)9-7(8)4-5-18-9/h7-9H,3-5H2,1-2H3,(H2,12,16)/t7-,8+,9-/m1/s1. The van der Waals surface area contributed by atoms with Crippen molar-refractivity contribution in [3.8, 4) is 0 Å². The highest BCUT2D eigenvalue weighted by molar-refractivity contribution is 6.02. The lowest BCUT2D eigenvalue weighted by Crippen LogP contribution is -2.51. The van der Waals surface area contributed by atoms with Gasteiger partial charge in [-0.25, -0.2) is 4.79 Å². The molecule has 2 aliphatic heterocycles. The number of urea groups is 1. The Kier molecular flexibility index (Phi) is 3.51. The number of esters is 1. The summed E-state index contributed by atoms with van der Waals surface area (Å²) in [5, 5.41) is 5.17. The van der Waals surface area contributed by atoms with Crippen LogP contribution in [-0.2, 0) is 14.3 Å². The van der Waals surface area contributed by atoms with E-state index in [-0.39, 0.29) is 11.9 Å². The summed E-state index contributed by atoms with van der Waals surface area (Å²) in [7, 11) is 0. The molecule has 7 heteroatoms. The fourth-order valence-corrected chi connectivity index (χ4v) is 2.53. The van der Waals surface area contributed by atoms with Gasteiger partial charge in [-0.05, 0) is 20.3 Å². The third kappa shape index (κ3) is 2.05. The van der Waals surface area contributed by atoms with E-state index in [0.29, 0.717) is 25.3 Å². The molecule has 0 unspecified atom stereocenters. The van der Waals surface area contributed by atoms with Crippen molar-refractivity contribution in [2.24, 2.45) is 22.7 Å². The average Bonchev–Trinajstić information content (AvgIpc) is 2.76. The van der Waals surface area contributed by atoms with E-state index < -0.39 is 18.2 Å². The van der Waals surface area contributed by atoms with Crippen LogP contribution in [0, 0.1) is 11.8 Å². The number of carbonyl (C=O) groups is 2. The lowest BCUT2D eigenvalue weighted by Gasteiger charge is -2.35. The number of hydrogen-bond donors (Lipinski definition) is 1. The van der Waals surface area contributed by atoms with Gasteiger partial charge in [-0.2, -0.15) is 10.1 Å². The highest BCUT2D eigenvalue weighted by Gasteiger charge is 2.48. The zero-order valence-electron chi connectivity index (χ0n) is 10.5. The molecule has 2 aliphatic rings. The van der Waals surface area contributed by atoms with Gasteiger partial charge >= 0.3 is 12.0 Å². The molecule has 0 aromatic heterocycles. The molecule has 2 heterocycles. The Labute approximate surface area is 105 Å². The van der Waals surface area contributed by atoms with Crippen molar-refractivity contribution in [1.82, 2.24) is 5.01 Å². The number of rotatable bonds is 2. The Morgan fingerprint density at radius 1 is 1.61 bits per heavy atom. The third-order valence-corrected chi connectivity index (χ3v) is 3.26. The molecule has 7 nitrogen and oxygen atoms in total. The number of amides is 2. The molecule has 100 valence electrons. The van der Waals surface area contributed by atoms with Crippen molar-refractivity contribution in [3.63, 3.8) is 0 Å². The van der Waals surface area contributed by atoms with Crippen molar-refractivity contribution in [2.75, 3.05) is 13.2 Å². The minimum Gasteiger partial charge on any atom is -0.465 e. The van der Waals surface area contributed by atoms with Gasteiger partial charge in [0, 0.05) is 12.5 Å². The number of primary amides is 1. The van der Waals surface area contributed by atoms with Gasteiger partial charge in [0.2, 0.25) is 0 Å². The van der Waals surface area contributed by atoms with E-state index in [2.05, 4.69) is 5.10 Å². The molecular weight excluding hydrogens is 238 g/mol. The summed E-state index contributed by atoms with van der Waals surface area (Å²) in [5.41, 5.74) is 5.79. The molecule has 3 atom stereocenters. The summed E-state index contributed by atoms with van der Waals surface area (Å²) in [5.74, 6) is -0.898. The molecule has 2 rings (SSSR count). The monoisotopic (exact) mass is 255 g/mol. The molecule has 1 saturated heterocycles. The highest BCUT2D eigenvalue weighted by Crippen LogP contribution is 2.36. The predicted molar refractivity (Wildman–Crippen MR) is 62.5 cm³/mol. The first-order valence-electron chi connectivity index (χ1n) is 5.98. The van der Waals surface area contributed by atoms with E-state index in [1.807, 2.05) is 0 Å². The van der Waals surface area contributed by atoms with Crippen LogP contribution in [0.3, 0.4) is 0 Å². The first-order chi connectivity index (χ1) is 8.56. The summed E-state index contributed by atoms with van der Waals surface area (Å²) < 4.78 is 10.5. The molecule has 0 radical (unpaired) electrons. The minimum atomic E-state index is -0.673. The van der Waals surface area contributed by atoms with Crippen LogP contribution in [0.25, 0.3) is 0 Å². The molecule has 0 bridgehead atoms. The van der Waals surface area contributed by atoms with Gasteiger partial charge < -0.3 is 15.2 Å². The van der Waals surface area contributed by atoms with Crippen molar-refractivity contribution < 1.29 is 19.1 Å². The van der Waals surface area contributed by atoms with Crippen LogP contribution in [0.5, 0.6) is 0 Å². The summed E-state index contributed by atoms with van der Waals surface area (Å²) in [6.07, 6.45) is 0.130. The number of nitrogens with two attached hydrogens (primary N) is 1. The van der Waals surface area contributed by atoms with Crippen molar-refractivity contribution in [1.29, 1.82) is 0 Å². The van der Waals surface area contributed by atoms with E-state index in [1.54, 1.807) is 13.8 Å². The van der Waals surface area contributed by atoms with Crippen LogP contribution in [0.2, 0.25) is 0 Å². The van der Waals surface area contributed by atoms with E-state index in [1.165, 1.54) is 0 Å². The summed E-state index contributed by atoms with van der Waals surface area (Å²) in [6.45, 7) is 4.26. The van der Waals surface area contributed by atoms with Crippen LogP contribution < -0.4 is 5.73 Å². The van der Waals surface area contributed by atoms with E-state index in [4.69, 9.17) is 15.2 Å². The molecule has 2 amide bonds. The maximum absolute atomic E-state index is 11.9. The second-order valence-corrected chi connectivity index (χ2v) is 4.37. The van der Waals surface area contributed by atoms with E-state index in [0.717, 1.165) is 5.01 Å². The summed E-state index contributed by atoms with van der Waals surface area (Å²) >= 11 is 0. The second-order valence-electron chi connectivity index (χ2n) is 4.37. The Morgan fingerprint density at radius 3 is 2.94 bits per heavy atom. The molecule has 2 N–H and O–H groups in total. The Balaban J connectivity index is 2.29. The van der Waals surface area contributed by atoms with Gasteiger partial charge in [0.25, 0.3) is 0 Å². The first-order valence-corrected chi connectivity index (χ1v) is 5.98. The van der Waals surface area contributed by atoms with Gasteiger partial charge in [0.05, 0.1) is 12.3 Å². The van der Waals surface area contributed by atoms with Crippen molar-refractivity contribution >= 4 is 17.7 Å². The predicted octanol–water partition coefficient (Wildman–Crippen LogP) is 0.298. The fourth-order valence-electron chi connectivity index (χ4n) is 2.53. The molecular formula is C11H17N3O4. The van der Waals surface area contributed by atoms with Gasteiger partial charge in [-0.3, -0.25) is 4.79 Å². The Bertz CT molecular complexity index is 396. The molecule has 0 aliphatic carbocycles. The maximum atomic E-state index is 11.9. The van der Waals surface area contributed by atoms with Crippen LogP contribution in [0.4, 0.5) is 4.79 Å². The topological polar surface area (TPSA) is 94.2 Å². The number of hydrogen-bond acceptors (Lipinski definition) is 5. The quantitative estimate of drug-likeness (QED) is 0.718. The maximum Gasteiger partial charge on any atom is 0.337 e. The first kappa shape index (κ1) is 12.8. The van der Waals surface area contributed by atoms with Gasteiger partial charge in [-0.15, -0.1) is 0 Å². The van der Waals surface area contributed by atoms with Crippen LogP contribution in [0.1, 0.15) is 20.3 Å². The Hall–Kier alpha value is -1.63. The van der Waals surface area contributed by atoms with Gasteiger partial charge in [-0.1, -0.05) is 0 Å². The average molecular weight is 255 g/mol. The molecule has 0 spiro atoms. The summed E-state index contributed by atoms with van der Waals surface area (Å²) in [4.78, 5) is 23.2. The number of nitrogens with zero attached hydrogens (tertiary/aromatic N) is 2. The van der Waals surface area contributed by atoms with E-state index in [9.17, 15) is 9.59 Å². The van der Waals surface area contributed by atoms with Crippen molar-refractivity contribution in [2.45, 2.75) is 26.5 Å². The zero-order valence-corrected chi connectivity index (χ0v) is 10.5. The lowest BCUT2D eigenvalue weighted by atomic mass is 9.85. The highest BCUT2D eigenvalue weighted by atomic mass is 16.5. The van der Waals surface area contributed by atoms with Gasteiger partial charge in [0.1, 0.15) is 5.92 Å². The van der Waals surface area contributed by atoms with E-state index >= 15 is 0 Å². The summed E-state index contributed by atoms with van der Waals surface area (Å²) in [6, 6.07) is -0.673. The second kappa shape index (κ2) is 4.93. The molecule has 0 aromatic rings. The van der Waals surface area contributed by atoms with Gasteiger partial charge in [0.15, 0.2) is 6.23 Å². The SMILES string of the molecule is CCOC(=O)[C@H]1C(C)=NN(C(N)=O)[C@@H]2OCC[C@H]12. The minimum absolute atomic E-state index is 0.131.